The van der Waals surface area contributed by atoms with Crippen LogP contribution in [0.2, 0.25) is 10.0 Å². The molecule has 4 nitrogen and oxygen atoms in total. The minimum Gasteiger partial charge on any atom is -0.444 e. The Labute approximate surface area is 127 Å². The van der Waals surface area contributed by atoms with Crippen LogP contribution in [-0.2, 0) is 0 Å². The number of halogens is 2. The predicted molar refractivity (Wildman–Crippen MR) is 79.2 cm³/mol. The molecule has 1 aromatic heterocycles. The first-order chi connectivity index (χ1) is 9.56. The fourth-order valence-electron chi connectivity index (χ4n) is 1.81. The van der Waals surface area contributed by atoms with E-state index in [4.69, 9.17) is 27.6 Å². The van der Waals surface area contributed by atoms with E-state index < -0.39 is 0 Å². The van der Waals surface area contributed by atoms with Gasteiger partial charge in [-0.15, -0.1) is 0 Å². The van der Waals surface area contributed by atoms with Crippen molar-refractivity contribution in [1.82, 2.24) is 9.88 Å². The number of amides is 1. The van der Waals surface area contributed by atoms with Gasteiger partial charge in [0.2, 0.25) is 5.89 Å². The summed E-state index contributed by atoms with van der Waals surface area (Å²) in [7, 11) is 0. The minimum absolute atomic E-state index is 0.148. The fraction of sp³-hybridized carbons (Fsp3) is 0.286. The zero-order valence-corrected chi connectivity index (χ0v) is 12.7. The second-order valence-electron chi connectivity index (χ2n) is 4.14. The Morgan fingerprint density at radius 2 is 1.95 bits per heavy atom. The van der Waals surface area contributed by atoms with E-state index in [1.807, 2.05) is 13.8 Å². The summed E-state index contributed by atoms with van der Waals surface area (Å²) in [4.78, 5) is 18.0. The maximum absolute atomic E-state index is 12.1. The molecule has 0 aliphatic rings. The average molecular weight is 313 g/mol. The highest BCUT2D eigenvalue weighted by atomic mass is 35.5. The molecule has 0 aliphatic heterocycles. The highest BCUT2D eigenvalue weighted by Gasteiger charge is 2.18. The molecule has 0 radical (unpaired) electrons. The molecule has 106 valence electrons. The Hall–Kier alpha value is -1.52. The van der Waals surface area contributed by atoms with Crippen molar-refractivity contribution < 1.29 is 9.21 Å². The molecule has 0 N–H and O–H groups in total. The number of hydrogen-bond donors (Lipinski definition) is 0. The quantitative estimate of drug-likeness (QED) is 0.852. The SMILES string of the molecule is CCN(CC)C(=O)c1coc(-c2ccc(Cl)c(Cl)c2)n1. The van der Waals surface area contributed by atoms with E-state index in [0.29, 0.717) is 34.6 Å². The van der Waals surface area contributed by atoms with Crippen molar-refractivity contribution in [3.63, 3.8) is 0 Å². The van der Waals surface area contributed by atoms with Gasteiger partial charge in [0.1, 0.15) is 6.26 Å². The van der Waals surface area contributed by atoms with Crippen LogP contribution < -0.4 is 0 Å². The van der Waals surface area contributed by atoms with E-state index in [2.05, 4.69) is 4.98 Å². The second kappa shape index (κ2) is 6.29. The van der Waals surface area contributed by atoms with Crippen molar-refractivity contribution in [3.8, 4) is 11.5 Å². The van der Waals surface area contributed by atoms with Crippen LogP contribution in [0.1, 0.15) is 24.3 Å². The first kappa shape index (κ1) is 14.9. The number of oxazole rings is 1. The summed E-state index contributed by atoms with van der Waals surface area (Å²) in [5.74, 6) is 0.198. The van der Waals surface area contributed by atoms with Crippen LogP contribution in [0.5, 0.6) is 0 Å². The highest BCUT2D eigenvalue weighted by molar-refractivity contribution is 6.42. The molecule has 0 spiro atoms. The Morgan fingerprint density at radius 1 is 1.25 bits per heavy atom. The van der Waals surface area contributed by atoms with Gasteiger partial charge in [0.25, 0.3) is 5.91 Å². The van der Waals surface area contributed by atoms with Crippen molar-refractivity contribution in [1.29, 1.82) is 0 Å². The number of nitrogens with zero attached hydrogens (tertiary/aromatic N) is 2. The lowest BCUT2D eigenvalue weighted by atomic mass is 10.2. The summed E-state index contributed by atoms with van der Waals surface area (Å²) < 4.78 is 5.35. The lowest BCUT2D eigenvalue weighted by Gasteiger charge is -2.16. The third-order valence-electron chi connectivity index (χ3n) is 2.94. The lowest BCUT2D eigenvalue weighted by Crippen LogP contribution is -2.30. The van der Waals surface area contributed by atoms with E-state index in [0.717, 1.165) is 0 Å². The molecule has 0 bridgehead atoms. The molecule has 0 atom stereocenters. The van der Waals surface area contributed by atoms with Gasteiger partial charge < -0.3 is 9.32 Å². The van der Waals surface area contributed by atoms with E-state index in [1.165, 1.54) is 6.26 Å². The first-order valence-electron chi connectivity index (χ1n) is 6.27. The molecular formula is C14H14Cl2N2O2. The average Bonchev–Trinajstić information content (AvgIpc) is 2.93. The maximum atomic E-state index is 12.1. The van der Waals surface area contributed by atoms with Crippen molar-refractivity contribution >= 4 is 29.1 Å². The Kier molecular flexibility index (Phi) is 4.68. The van der Waals surface area contributed by atoms with Crippen LogP contribution in [0.25, 0.3) is 11.5 Å². The largest absolute Gasteiger partial charge is 0.444 e. The Morgan fingerprint density at radius 3 is 2.55 bits per heavy atom. The summed E-state index contributed by atoms with van der Waals surface area (Å²) in [6, 6.07) is 5.06. The number of hydrogen-bond acceptors (Lipinski definition) is 3. The summed E-state index contributed by atoms with van der Waals surface area (Å²) in [6.45, 7) is 5.09. The predicted octanol–water partition coefficient (Wildman–Crippen LogP) is 4.13. The lowest BCUT2D eigenvalue weighted by molar-refractivity contribution is 0.0767. The van der Waals surface area contributed by atoms with Gasteiger partial charge in [0.05, 0.1) is 10.0 Å². The second-order valence-corrected chi connectivity index (χ2v) is 4.96. The molecule has 1 amide bonds. The summed E-state index contributed by atoms with van der Waals surface area (Å²) >= 11 is 11.8. The third kappa shape index (κ3) is 2.97. The van der Waals surface area contributed by atoms with E-state index in [-0.39, 0.29) is 11.6 Å². The van der Waals surface area contributed by atoms with Gasteiger partial charge in [-0.2, -0.15) is 0 Å². The maximum Gasteiger partial charge on any atom is 0.275 e. The highest BCUT2D eigenvalue weighted by Crippen LogP contribution is 2.28. The molecule has 20 heavy (non-hydrogen) atoms. The van der Waals surface area contributed by atoms with Crippen LogP contribution in [-0.4, -0.2) is 28.9 Å². The molecule has 2 rings (SSSR count). The minimum atomic E-state index is -0.148. The first-order valence-corrected chi connectivity index (χ1v) is 7.02. The Balaban J connectivity index is 2.28. The van der Waals surface area contributed by atoms with E-state index in [1.54, 1.807) is 23.1 Å². The summed E-state index contributed by atoms with van der Waals surface area (Å²) in [5.41, 5.74) is 0.966. The van der Waals surface area contributed by atoms with Gasteiger partial charge in [-0.05, 0) is 32.0 Å². The van der Waals surface area contributed by atoms with Crippen LogP contribution in [0.15, 0.2) is 28.9 Å². The van der Waals surface area contributed by atoms with Gasteiger partial charge in [0, 0.05) is 18.7 Å². The Bertz CT molecular complexity index is 621. The number of aromatic nitrogens is 1. The van der Waals surface area contributed by atoms with Gasteiger partial charge >= 0.3 is 0 Å². The number of carbonyl (C=O) groups excluding carboxylic acids is 1. The van der Waals surface area contributed by atoms with Gasteiger partial charge in [-0.3, -0.25) is 4.79 Å². The smallest absolute Gasteiger partial charge is 0.275 e. The van der Waals surface area contributed by atoms with Crippen molar-refractivity contribution in [2.24, 2.45) is 0 Å². The number of rotatable bonds is 4. The zero-order chi connectivity index (χ0) is 14.7. The molecule has 0 saturated carbocycles. The van der Waals surface area contributed by atoms with E-state index in [9.17, 15) is 4.79 Å². The molecule has 6 heteroatoms. The zero-order valence-electron chi connectivity index (χ0n) is 11.2. The van der Waals surface area contributed by atoms with Crippen LogP contribution in [0.4, 0.5) is 0 Å². The monoisotopic (exact) mass is 312 g/mol. The number of carbonyl (C=O) groups is 1. The van der Waals surface area contributed by atoms with Crippen LogP contribution >= 0.6 is 23.2 Å². The molecule has 0 aliphatic carbocycles. The number of benzene rings is 1. The third-order valence-corrected chi connectivity index (χ3v) is 3.68. The van der Waals surface area contributed by atoms with Gasteiger partial charge in [-0.25, -0.2) is 4.98 Å². The van der Waals surface area contributed by atoms with Gasteiger partial charge in [0.15, 0.2) is 5.69 Å². The van der Waals surface area contributed by atoms with E-state index >= 15 is 0 Å². The molecule has 0 saturated heterocycles. The molecular weight excluding hydrogens is 299 g/mol. The molecule has 0 unspecified atom stereocenters. The fourth-order valence-corrected chi connectivity index (χ4v) is 2.10. The molecule has 1 heterocycles. The molecule has 0 fully saturated rings. The summed E-state index contributed by atoms with van der Waals surface area (Å²) in [5, 5.41) is 0.875. The van der Waals surface area contributed by atoms with Crippen molar-refractivity contribution in [3.05, 3.63) is 40.2 Å². The normalized spacial score (nSPS) is 10.6. The molecule has 1 aromatic carbocycles. The topological polar surface area (TPSA) is 46.3 Å². The van der Waals surface area contributed by atoms with Gasteiger partial charge in [-0.1, -0.05) is 23.2 Å². The van der Waals surface area contributed by atoms with Crippen molar-refractivity contribution in [2.45, 2.75) is 13.8 Å². The van der Waals surface area contributed by atoms with Crippen LogP contribution in [0.3, 0.4) is 0 Å². The van der Waals surface area contributed by atoms with Crippen molar-refractivity contribution in [2.75, 3.05) is 13.1 Å². The van der Waals surface area contributed by atoms with Crippen LogP contribution in [0, 0.1) is 0 Å². The standard InChI is InChI=1S/C14H14Cl2N2O2/c1-3-18(4-2)14(19)12-8-20-13(17-12)9-5-6-10(15)11(16)7-9/h5-8H,3-4H2,1-2H3. The molecule has 2 aromatic rings. The summed E-state index contributed by atoms with van der Waals surface area (Å²) in [6.07, 6.45) is 1.36.